The van der Waals surface area contributed by atoms with E-state index >= 15 is 0 Å². The van der Waals surface area contributed by atoms with Crippen molar-refractivity contribution in [3.63, 3.8) is 0 Å². The van der Waals surface area contributed by atoms with Crippen LogP contribution in [0.15, 0.2) is 24.3 Å². The van der Waals surface area contributed by atoms with E-state index in [2.05, 4.69) is 0 Å². The minimum Gasteiger partial charge on any atom is -0.481 e. The Hall–Kier alpha value is -1.52. The molecule has 0 aliphatic rings. The number of halogens is 3. The second kappa shape index (κ2) is 4.33. The van der Waals surface area contributed by atoms with Gasteiger partial charge >= 0.3 is 12.1 Å². The first-order chi connectivity index (χ1) is 7.63. The summed E-state index contributed by atoms with van der Waals surface area (Å²) < 4.78 is 52.0. The molecule has 0 heterocycles. The zero-order chi connectivity index (χ0) is 13.3. The molecule has 0 atom stereocenters. The first-order valence-electron chi connectivity index (χ1n) is 5.02. The molecular weight excluding hydrogens is 209 g/mol. The summed E-state index contributed by atoms with van der Waals surface area (Å²) in [5.74, 6) is -1.41. The Kier molecular flexibility index (Phi) is 2.53. The standard InChI is InChI=1S/C10H9F3O2/c11-10(12,13)8-3-1-2-7(6-8)4-5-9(14)15/h1-3,6H,4-5H2,(H,14,15)/i4D2. The van der Waals surface area contributed by atoms with E-state index < -0.39 is 30.5 Å². The van der Waals surface area contributed by atoms with Crippen molar-refractivity contribution in [1.29, 1.82) is 0 Å². The summed E-state index contributed by atoms with van der Waals surface area (Å²) in [6.45, 7) is 0. The number of hydrogen-bond donors (Lipinski definition) is 1. The van der Waals surface area contributed by atoms with Crippen LogP contribution in [-0.2, 0) is 17.3 Å². The van der Waals surface area contributed by atoms with Crippen LogP contribution >= 0.6 is 0 Å². The predicted octanol–water partition coefficient (Wildman–Crippen LogP) is 2.72. The number of rotatable bonds is 3. The lowest BCUT2D eigenvalue weighted by molar-refractivity contribution is -0.137. The van der Waals surface area contributed by atoms with Gasteiger partial charge < -0.3 is 5.11 Å². The molecule has 0 spiro atoms. The van der Waals surface area contributed by atoms with Crippen LogP contribution in [0.5, 0.6) is 0 Å². The SMILES string of the molecule is [2H]C([2H])(CC(=O)O)c1cccc(C(F)(F)F)c1. The number of carboxylic acids is 1. The van der Waals surface area contributed by atoms with Crippen molar-refractivity contribution in [3.05, 3.63) is 35.4 Å². The van der Waals surface area contributed by atoms with E-state index in [0.29, 0.717) is 6.07 Å². The molecule has 1 N–H and O–H groups in total. The van der Waals surface area contributed by atoms with Crippen LogP contribution in [0.3, 0.4) is 0 Å². The Labute approximate surface area is 87.2 Å². The van der Waals surface area contributed by atoms with Crippen molar-refractivity contribution in [3.8, 4) is 0 Å². The van der Waals surface area contributed by atoms with Gasteiger partial charge in [0, 0.05) is 9.16 Å². The van der Waals surface area contributed by atoms with Crippen molar-refractivity contribution in [1.82, 2.24) is 0 Å². The highest BCUT2D eigenvalue weighted by atomic mass is 19.4. The number of carboxylic acid groups (broad SMARTS) is 1. The van der Waals surface area contributed by atoms with Crippen LogP contribution in [0, 0.1) is 0 Å². The minimum atomic E-state index is -4.57. The summed E-state index contributed by atoms with van der Waals surface area (Å²) in [5.41, 5.74) is -1.29. The molecule has 15 heavy (non-hydrogen) atoms. The van der Waals surface area contributed by atoms with Gasteiger partial charge in [-0.2, -0.15) is 13.2 Å². The maximum Gasteiger partial charge on any atom is 0.416 e. The topological polar surface area (TPSA) is 37.3 Å². The van der Waals surface area contributed by atoms with Crippen molar-refractivity contribution < 1.29 is 25.8 Å². The monoisotopic (exact) mass is 220 g/mol. The van der Waals surface area contributed by atoms with E-state index in [0.717, 1.165) is 18.2 Å². The molecular formula is C10H9F3O2. The van der Waals surface area contributed by atoms with Crippen LogP contribution in [0.2, 0.25) is 0 Å². The van der Waals surface area contributed by atoms with Crippen LogP contribution in [0.1, 0.15) is 20.3 Å². The molecule has 0 aromatic heterocycles. The summed E-state index contributed by atoms with van der Waals surface area (Å²) in [5, 5.41) is 8.48. The molecule has 5 heteroatoms. The van der Waals surface area contributed by atoms with Gasteiger partial charge in [-0.05, 0) is 18.0 Å². The summed E-state index contributed by atoms with van der Waals surface area (Å²) in [7, 11) is 0. The average Bonchev–Trinajstić information content (AvgIpc) is 2.14. The molecule has 0 bridgehead atoms. The van der Waals surface area contributed by atoms with Crippen LogP contribution in [0.25, 0.3) is 0 Å². The van der Waals surface area contributed by atoms with Crippen LogP contribution < -0.4 is 0 Å². The fraction of sp³-hybridized carbons (Fsp3) is 0.300. The van der Waals surface area contributed by atoms with Gasteiger partial charge in [-0.15, -0.1) is 0 Å². The average molecular weight is 220 g/mol. The van der Waals surface area contributed by atoms with Crippen molar-refractivity contribution in [2.45, 2.75) is 19.0 Å². The summed E-state index contributed by atoms with van der Waals surface area (Å²) in [6, 6.07) is 3.62. The quantitative estimate of drug-likeness (QED) is 0.850. The number of carbonyl (C=O) groups is 1. The third kappa shape index (κ3) is 3.61. The van der Waals surface area contributed by atoms with Crippen LogP contribution in [-0.4, -0.2) is 11.1 Å². The summed E-state index contributed by atoms with van der Waals surface area (Å²) in [6.07, 6.45) is -7.78. The lowest BCUT2D eigenvalue weighted by atomic mass is 10.1. The van der Waals surface area contributed by atoms with E-state index in [4.69, 9.17) is 7.85 Å². The molecule has 0 radical (unpaired) electrons. The third-order valence-electron chi connectivity index (χ3n) is 1.63. The van der Waals surface area contributed by atoms with E-state index in [1.165, 1.54) is 0 Å². The molecule has 1 aromatic carbocycles. The summed E-state index contributed by atoms with van der Waals surface area (Å²) >= 11 is 0. The van der Waals surface area contributed by atoms with Crippen molar-refractivity contribution in [2.75, 3.05) is 0 Å². The molecule has 0 aliphatic heterocycles. The van der Waals surface area contributed by atoms with E-state index in [1.807, 2.05) is 0 Å². The molecule has 0 aliphatic carbocycles. The second-order valence-corrected chi connectivity index (χ2v) is 2.83. The van der Waals surface area contributed by atoms with Crippen LogP contribution in [0.4, 0.5) is 13.2 Å². The van der Waals surface area contributed by atoms with Gasteiger partial charge in [-0.25, -0.2) is 0 Å². The Bertz CT molecular complexity index is 430. The molecule has 82 valence electrons. The van der Waals surface area contributed by atoms with E-state index in [-0.39, 0.29) is 5.56 Å². The van der Waals surface area contributed by atoms with Crippen molar-refractivity contribution in [2.24, 2.45) is 0 Å². The highest BCUT2D eigenvalue weighted by molar-refractivity contribution is 5.67. The third-order valence-corrected chi connectivity index (χ3v) is 1.63. The number of benzene rings is 1. The maximum absolute atomic E-state index is 12.4. The van der Waals surface area contributed by atoms with Gasteiger partial charge in [-0.1, -0.05) is 18.2 Å². The lowest BCUT2D eigenvalue weighted by Gasteiger charge is -2.07. The van der Waals surface area contributed by atoms with Gasteiger partial charge in [0.2, 0.25) is 0 Å². The highest BCUT2D eigenvalue weighted by Gasteiger charge is 2.30. The molecule has 0 saturated heterocycles. The van der Waals surface area contributed by atoms with E-state index in [9.17, 15) is 18.0 Å². The lowest BCUT2D eigenvalue weighted by Crippen LogP contribution is -2.05. The zero-order valence-electron chi connectivity index (χ0n) is 9.51. The molecule has 0 amide bonds. The first-order valence-corrected chi connectivity index (χ1v) is 4.02. The number of aryl methyl sites for hydroxylation is 1. The fourth-order valence-corrected chi connectivity index (χ4v) is 0.983. The van der Waals surface area contributed by atoms with Gasteiger partial charge in [0.1, 0.15) is 0 Å². The van der Waals surface area contributed by atoms with Crippen molar-refractivity contribution >= 4 is 5.97 Å². The number of alkyl halides is 3. The predicted molar refractivity (Wildman–Crippen MR) is 47.4 cm³/mol. The van der Waals surface area contributed by atoms with Gasteiger partial charge in [-0.3, -0.25) is 4.79 Å². The van der Waals surface area contributed by atoms with Gasteiger partial charge in [0.15, 0.2) is 0 Å². The minimum absolute atomic E-state index is 0.297. The Morgan fingerprint density at radius 2 is 2.13 bits per heavy atom. The van der Waals surface area contributed by atoms with Gasteiger partial charge in [0.25, 0.3) is 0 Å². The second-order valence-electron chi connectivity index (χ2n) is 2.83. The zero-order valence-corrected chi connectivity index (χ0v) is 7.51. The molecule has 0 saturated carbocycles. The van der Waals surface area contributed by atoms with E-state index in [1.54, 1.807) is 0 Å². The highest BCUT2D eigenvalue weighted by Crippen LogP contribution is 2.29. The smallest absolute Gasteiger partial charge is 0.416 e. The molecule has 0 fully saturated rings. The molecule has 1 aromatic rings. The Morgan fingerprint density at radius 3 is 2.67 bits per heavy atom. The molecule has 1 rings (SSSR count). The normalized spacial score (nSPS) is 14.3. The Morgan fingerprint density at radius 1 is 1.47 bits per heavy atom. The Balaban J connectivity index is 3.11. The number of hydrogen-bond acceptors (Lipinski definition) is 1. The molecule has 2 nitrogen and oxygen atoms in total. The fourth-order valence-electron chi connectivity index (χ4n) is 0.983. The molecule has 0 unspecified atom stereocenters. The van der Waals surface area contributed by atoms with Gasteiger partial charge in [0.05, 0.1) is 5.56 Å². The summed E-state index contributed by atoms with van der Waals surface area (Å²) in [4.78, 5) is 10.4. The maximum atomic E-state index is 12.4. The first kappa shape index (κ1) is 8.76. The largest absolute Gasteiger partial charge is 0.481 e. The number of aliphatic carboxylic acids is 1.